The topological polar surface area (TPSA) is 116 Å². The van der Waals surface area contributed by atoms with Gasteiger partial charge in [-0.3, -0.25) is 10.1 Å². The summed E-state index contributed by atoms with van der Waals surface area (Å²) in [6.07, 6.45) is 0.424. The number of benzene rings is 3. The number of nitrogens with one attached hydrogen (secondary N) is 1. The molecule has 182 valence electrons. The third-order valence-electron chi connectivity index (χ3n) is 6.19. The van der Waals surface area contributed by atoms with Crippen LogP contribution in [-0.4, -0.2) is 29.1 Å². The van der Waals surface area contributed by atoms with Crippen molar-refractivity contribution in [3.8, 4) is 22.1 Å². The number of nitrogen functional groups attached to an aromatic ring is 1. The van der Waals surface area contributed by atoms with Crippen LogP contribution in [0.1, 0.15) is 22.7 Å². The van der Waals surface area contributed by atoms with E-state index in [1.54, 1.807) is 26.4 Å². The van der Waals surface area contributed by atoms with Crippen molar-refractivity contribution in [1.29, 1.82) is 0 Å². The van der Waals surface area contributed by atoms with Crippen molar-refractivity contribution >= 4 is 33.1 Å². The number of para-hydroxylation sites is 1. The Morgan fingerprint density at radius 1 is 1.06 bits per heavy atom. The number of nitrogens with two attached hydrogens (primary N) is 1. The lowest BCUT2D eigenvalue weighted by Crippen LogP contribution is -2.09. The average molecular weight is 501 g/mol. The molecular formula is C27H24N4O4S. The molecule has 8 nitrogen and oxygen atoms in total. The van der Waals surface area contributed by atoms with Gasteiger partial charge in [0.2, 0.25) is 0 Å². The Morgan fingerprint density at radius 3 is 2.53 bits per heavy atom. The number of fused-ring (bicyclic) bond motifs is 1. The van der Waals surface area contributed by atoms with Gasteiger partial charge in [-0.05, 0) is 42.3 Å². The molecule has 0 aliphatic carbocycles. The van der Waals surface area contributed by atoms with Gasteiger partial charge in [-0.25, -0.2) is 4.98 Å². The number of rotatable bonds is 8. The van der Waals surface area contributed by atoms with E-state index in [9.17, 15) is 10.1 Å². The first-order chi connectivity index (χ1) is 17.5. The summed E-state index contributed by atoms with van der Waals surface area (Å²) in [5.41, 5.74) is 10.7. The molecule has 36 heavy (non-hydrogen) atoms. The van der Waals surface area contributed by atoms with Crippen molar-refractivity contribution < 1.29 is 14.4 Å². The molecule has 9 heteroatoms. The van der Waals surface area contributed by atoms with Crippen LogP contribution >= 0.6 is 11.3 Å². The van der Waals surface area contributed by atoms with Crippen LogP contribution in [0.25, 0.3) is 21.5 Å². The Morgan fingerprint density at radius 2 is 1.83 bits per heavy atom. The lowest BCUT2D eigenvalue weighted by atomic mass is 9.87. The molecule has 3 N–H and O–H groups in total. The van der Waals surface area contributed by atoms with Gasteiger partial charge in [-0.1, -0.05) is 41.7 Å². The van der Waals surface area contributed by atoms with Gasteiger partial charge in [0, 0.05) is 34.5 Å². The van der Waals surface area contributed by atoms with Gasteiger partial charge in [0.15, 0.2) is 5.13 Å². The molecule has 0 saturated heterocycles. The van der Waals surface area contributed by atoms with Crippen molar-refractivity contribution in [3.63, 3.8) is 0 Å². The van der Waals surface area contributed by atoms with Crippen LogP contribution in [0.2, 0.25) is 0 Å². The number of hydrogen-bond acceptors (Lipinski definition) is 7. The molecule has 3 aromatic carbocycles. The van der Waals surface area contributed by atoms with Crippen LogP contribution < -0.4 is 15.2 Å². The van der Waals surface area contributed by atoms with Gasteiger partial charge < -0.3 is 20.2 Å². The highest BCUT2D eigenvalue weighted by Crippen LogP contribution is 2.42. The van der Waals surface area contributed by atoms with E-state index in [0.717, 1.165) is 38.5 Å². The van der Waals surface area contributed by atoms with E-state index in [1.165, 1.54) is 17.4 Å². The van der Waals surface area contributed by atoms with Crippen LogP contribution in [0.15, 0.2) is 72.8 Å². The van der Waals surface area contributed by atoms with Crippen LogP contribution in [0.4, 0.5) is 10.8 Å². The molecule has 0 saturated carbocycles. The first kappa shape index (κ1) is 23.4. The van der Waals surface area contributed by atoms with Crippen LogP contribution in [0.5, 0.6) is 11.5 Å². The second-order valence-corrected chi connectivity index (χ2v) is 9.35. The molecule has 1 unspecified atom stereocenters. The van der Waals surface area contributed by atoms with Crippen molar-refractivity contribution in [1.82, 2.24) is 9.97 Å². The van der Waals surface area contributed by atoms with E-state index in [1.807, 2.05) is 48.5 Å². The summed E-state index contributed by atoms with van der Waals surface area (Å²) in [5.74, 6) is 1.07. The summed E-state index contributed by atoms with van der Waals surface area (Å²) in [6.45, 7) is 0. The highest BCUT2D eigenvalue weighted by molar-refractivity contribution is 7.18. The molecule has 0 bridgehead atoms. The summed E-state index contributed by atoms with van der Waals surface area (Å²) < 4.78 is 10.9. The van der Waals surface area contributed by atoms with Gasteiger partial charge in [0.05, 0.1) is 35.4 Å². The van der Waals surface area contributed by atoms with E-state index < -0.39 is 4.92 Å². The van der Waals surface area contributed by atoms with E-state index >= 15 is 0 Å². The van der Waals surface area contributed by atoms with E-state index in [2.05, 4.69) is 11.1 Å². The van der Waals surface area contributed by atoms with Crippen LogP contribution in [0, 0.1) is 10.1 Å². The Balaban J connectivity index is 1.66. The van der Waals surface area contributed by atoms with Crippen molar-refractivity contribution in [2.24, 2.45) is 0 Å². The zero-order chi connectivity index (χ0) is 25.2. The summed E-state index contributed by atoms with van der Waals surface area (Å²) in [7, 11) is 3.18. The number of nitrogens with zero attached hydrogens (tertiary/aromatic N) is 2. The number of aromatic nitrogens is 2. The number of H-pyrrole nitrogens is 1. The van der Waals surface area contributed by atoms with Crippen molar-refractivity contribution in [2.45, 2.75) is 12.3 Å². The minimum absolute atomic E-state index is 0.00733. The molecule has 2 heterocycles. The zero-order valence-electron chi connectivity index (χ0n) is 19.7. The fourth-order valence-corrected chi connectivity index (χ4v) is 5.31. The number of nitro benzene ring substituents is 1. The number of aromatic amines is 1. The predicted octanol–water partition coefficient (Wildman–Crippen LogP) is 6.17. The smallest absolute Gasteiger partial charge is 0.269 e. The van der Waals surface area contributed by atoms with Crippen molar-refractivity contribution in [2.75, 3.05) is 20.0 Å². The zero-order valence-corrected chi connectivity index (χ0v) is 20.5. The first-order valence-electron chi connectivity index (χ1n) is 11.3. The monoisotopic (exact) mass is 500 g/mol. The SMILES string of the molecule is COc1ccc(C(Cc2cc([N+](=O)[O-])ccc2OC)c2nc(N)sc2-c2cc3ccccc3[nH]2)cc1. The maximum atomic E-state index is 11.5. The van der Waals surface area contributed by atoms with Crippen LogP contribution in [0.3, 0.4) is 0 Å². The van der Waals surface area contributed by atoms with Gasteiger partial charge in [-0.15, -0.1) is 0 Å². The number of thiazole rings is 1. The third-order valence-corrected chi connectivity index (χ3v) is 7.13. The Bertz CT molecular complexity index is 1510. The minimum atomic E-state index is -0.401. The molecule has 1 atom stereocenters. The number of nitro groups is 1. The van der Waals surface area contributed by atoms with Gasteiger partial charge >= 0.3 is 0 Å². The van der Waals surface area contributed by atoms with Crippen LogP contribution in [-0.2, 0) is 6.42 Å². The normalized spacial score (nSPS) is 11.9. The highest BCUT2D eigenvalue weighted by Gasteiger charge is 2.26. The molecule has 0 fully saturated rings. The summed E-state index contributed by atoms with van der Waals surface area (Å²) in [4.78, 5) is 20.3. The van der Waals surface area contributed by atoms with Gasteiger partial charge in [-0.2, -0.15) is 0 Å². The largest absolute Gasteiger partial charge is 0.497 e. The molecular weight excluding hydrogens is 476 g/mol. The second-order valence-electron chi connectivity index (χ2n) is 8.32. The molecule has 0 spiro atoms. The first-order valence-corrected chi connectivity index (χ1v) is 12.1. The third kappa shape index (κ3) is 4.48. The molecule has 5 rings (SSSR count). The summed E-state index contributed by atoms with van der Waals surface area (Å²) >= 11 is 1.41. The Kier molecular flexibility index (Phi) is 6.30. The average Bonchev–Trinajstić information content (AvgIpc) is 3.50. The Labute approximate surface area is 211 Å². The Hall–Kier alpha value is -4.37. The fourth-order valence-electron chi connectivity index (χ4n) is 4.44. The quantitative estimate of drug-likeness (QED) is 0.194. The second kappa shape index (κ2) is 9.71. The van der Waals surface area contributed by atoms with E-state index in [0.29, 0.717) is 22.9 Å². The molecule has 0 amide bonds. The maximum Gasteiger partial charge on any atom is 0.269 e. The maximum absolute atomic E-state index is 11.5. The number of ether oxygens (including phenoxy) is 2. The number of anilines is 1. The lowest BCUT2D eigenvalue weighted by Gasteiger charge is -2.19. The number of methoxy groups -OCH3 is 2. The van der Waals surface area contributed by atoms with Gasteiger partial charge in [0.25, 0.3) is 5.69 Å². The van der Waals surface area contributed by atoms with Crippen molar-refractivity contribution in [3.05, 3.63) is 99.7 Å². The van der Waals surface area contributed by atoms with Gasteiger partial charge in [0.1, 0.15) is 11.5 Å². The molecule has 2 aromatic heterocycles. The molecule has 5 aromatic rings. The lowest BCUT2D eigenvalue weighted by molar-refractivity contribution is -0.384. The number of hydrogen-bond donors (Lipinski definition) is 2. The van der Waals surface area contributed by atoms with E-state index in [4.69, 9.17) is 20.2 Å². The summed E-state index contributed by atoms with van der Waals surface area (Å²) in [5, 5.41) is 13.0. The summed E-state index contributed by atoms with van der Waals surface area (Å²) in [6, 6.07) is 22.5. The van der Waals surface area contributed by atoms with E-state index in [-0.39, 0.29) is 11.6 Å². The minimum Gasteiger partial charge on any atom is -0.497 e. The molecule has 0 radical (unpaired) electrons. The number of non-ortho nitro benzene ring substituents is 1. The predicted molar refractivity (Wildman–Crippen MR) is 142 cm³/mol. The fraction of sp³-hybridized carbons (Fsp3) is 0.148. The molecule has 0 aliphatic rings. The standard InChI is InChI=1S/C27H24N4O4S/c1-34-20-10-7-16(8-11-20)21(14-18-13-19(31(32)33)9-12-24(18)35-2)25-26(36-27(28)30-25)23-15-17-5-3-4-6-22(17)29-23/h3-13,15,21,29H,14H2,1-2H3,(H2,28,30). The molecule has 0 aliphatic heterocycles. The highest BCUT2D eigenvalue weighted by atomic mass is 32.1.